The van der Waals surface area contributed by atoms with Crippen LogP contribution in [0.5, 0.6) is 0 Å². The van der Waals surface area contributed by atoms with Crippen LogP contribution < -0.4 is 0 Å². The SMILES string of the molecule is CC[C@H]1O[C@@](OC)([C@@H](C)[C@H](O)[C@H](C)[C@H]2OC(=O)/C(OC)=C/C(C)=C/[C@@H](C)[C@@H](O)[C@@H](C)C/C(C)=C/C=C/[C@@H]2OC)C[C@@H](O)[C@@H]1C. The molecule has 0 amide bonds. The number of carbonyl (C=O) groups is 1. The van der Waals surface area contributed by atoms with Crippen molar-refractivity contribution in [1.82, 2.24) is 0 Å². The molecular weight excluding hydrogens is 564 g/mol. The summed E-state index contributed by atoms with van der Waals surface area (Å²) >= 11 is 0. The first-order valence-electron chi connectivity index (χ1n) is 15.9. The van der Waals surface area contributed by atoms with Crippen molar-refractivity contribution in [3.63, 3.8) is 0 Å². The van der Waals surface area contributed by atoms with E-state index in [1.54, 1.807) is 19.1 Å². The number of esters is 1. The van der Waals surface area contributed by atoms with Gasteiger partial charge in [0, 0.05) is 44.3 Å². The van der Waals surface area contributed by atoms with Crippen molar-refractivity contribution in [1.29, 1.82) is 0 Å². The van der Waals surface area contributed by atoms with Crippen LogP contribution >= 0.6 is 0 Å². The zero-order chi connectivity index (χ0) is 33.4. The van der Waals surface area contributed by atoms with Crippen LogP contribution in [0.2, 0.25) is 0 Å². The molecule has 0 aromatic rings. The summed E-state index contributed by atoms with van der Waals surface area (Å²) in [5.41, 5.74) is 1.82. The largest absolute Gasteiger partial charge is 0.490 e. The molecule has 0 unspecified atom stereocenters. The van der Waals surface area contributed by atoms with E-state index in [2.05, 4.69) is 0 Å². The van der Waals surface area contributed by atoms with E-state index in [1.807, 2.05) is 66.7 Å². The second-order valence-corrected chi connectivity index (χ2v) is 13.0. The highest BCUT2D eigenvalue weighted by molar-refractivity contribution is 5.87. The Balaban J connectivity index is 2.54. The number of aliphatic hydroxyl groups excluding tert-OH is 3. The molecule has 2 aliphatic heterocycles. The third kappa shape index (κ3) is 9.27. The van der Waals surface area contributed by atoms with Crippen LogP contribution in [-0.2, 0) is 28.5 Å². The number of methoxy groups -OCH3 is 3. The summed E-state index contributed by atoms with van der Waals surface area (Å²) in [5, 5.41) is 33.6. The Labute approximate surface area is 264 Å². The average molecular weight is 623 g/mol. The monoisotopic (exact) mass is 622 g/mol. The van der Waals surface area contributed by atoms with E-state index in [4.69, 9.17) is 23.7 Å². The number of allylic oxidation sites excluding steroid dienone is 5. The maximum atomic E-state index is 13.5. The Hall–Kier alpha value is -2.01. The van der Waals surface area contributed by atoms with Crippen molar-refractivity contribution in [2.45, 2.75) is 117 Å². The highest BCUT2D eigenvalue weighted by Gasteiger charge is 2.52. The Morgan fingerprint density at radius 2 is 1.77 bits per heavy atom. The van der Waals surface area contributed by atoms with Gasteiger partial charge >= 0.3 is 5.97 Å². The molecule has 9 heteroatoms. The summed E-state index contributed by atoms with van der Waals surface area (Å²) in [6, 6.07) is 0. The third-order valence-electron chi connectivity index (χ3n) is 9.64. The Morgan fingerprint density at radius 1 is 1.11 bits per heavy atom. The molecule has 0 aromatic carbocycles. The summed E-state index contributed by atoms with van der Waals surface area (Å²) in [5.74, 6) is -3.43. The molecule has 0 saturated carbocycles. The van der Waals surface area contributed by atoms with Gasteiger partial charge in [-0.2, -0.15) is 0 Å². The maximum Gasteiger partial charge on any atom is 0.373 e. The fourth-order valence-corrected chi connectivity index (χ4v) is 6.60. The fourth-order valence-electron chi connectivity index (χ4n) is 6.60. The molecule has 0 radical (unpaired) electrons. The Bertz CT molecular complexity index is 1050. The lowest BCUT2D eigenvalue weighted by Crippen LogP contribution is -2.59. The van der Waals surface area contributed by atoms with E-state index in [9.17, 15) is 20.1 Å². The second-order valence-electron chi connectivity index (χ2n) is 13.0. The van der Waals surface area contributed by atoms with Gasteiger partial charge in [-0.05, 0) is 38.7 Å². The first-order chi connectivity index (χ1) is 20.7. The summed E-state index contributed by atoms with van der Waals surface area (Å²) in [7, 11) is 4.45. The normalized spacial score (nSPS) is 41.0. The van der Waals surface area contributed by atoms with Crippen molar-refractivity contribution in [3.8, 4) is 0 Å². The van der Waals surface area contributed by atoms with Gasteiger partial charge in [0.15, 0.2) is 5.79 Å². The van der Waals surface area contributed by atoms with Gasteiger partial charge in [-0.15, -0.1) is 0 Å². The smallest absolute Gasteiger partial charge is 0.373 e. The minimum absolute atomic E-state index is 0.00833. The summed E-state index contributed by atoms with van der Waals surface area (Å²) in [6.07, 6.45) is 6.50. The lowest BCUT2D eigenvalue weighted by atomic mass is 9.77. The quantitative estimate of drug-likeness (QED) is 0.317. The molecule has 2 rings (SSSR count). The minimum Gasteiger partial charge on any atom is -0.490 e. The molecule has 0 spiro atoms. The summed E-state index contributed by atoms with van der Waals surface area (Å²) < 4.78 is 29.7. The molecule has 252 valence electrons. The molecule has 1 saturated heterocycles. The van der Waals surface area contributed by atoms with Crippen molar-refractivity contribution >= 4 is 5.97 Å². The van der Waals surface area contributed by atoms with E-state index in [-0.39, 0.29) is 36.0 Å². The average Bonchev–Trinajstić information content (AvgIpc) is 3.00. The van der Waals surface area contributed by atoms with Gasteiger partial charge in [-0.3, -0.25) is 0 Å². The lowest BCUT2D eigenvalue weighted by Gasteiger charge is -2.50. The molecule has 1 fully saturated rings. The first-order valence-corrected chi connectivity index (χ1v) is 15.9. The fraction of sp³-hybridized carbons (Fsp3) is 0.743. The number of ether oxygens (including phenoxy) is 5. The molecule has 9 nitrogen and oxygen atoms in total. The van der Waals surface area contributed by atoms with Gasteiger partial charge in [0.2, 0.25) is 5.76 Å². The second kappa shape index (κ2) is 17.1. The van der Waals surface area contributed by atoms with E-state index in [0.717, 1.165) is 11.1 Å². The number of hydrogen-bond acceptors (Lipinski definition) is 9. The minimum atomic E-state index is -1.24. The molecule has 12 atom stereocenters. The molecule has 3 N–H and O–H groups in total. The van der Waals surface area contributed by atoms with Crippen LogP contribution in [0, 0.1) is 29.6 Å². The predicted octanol–water partition coefficient (Wildman–Crippen LogP) is 5.10. The highest BCUT2D eigenvalue weighted by Crippen LogP contribution is 2.42. The Morgan fingerprint density at radius 3 is 2.34 bits per heavy atom. The third-order valence-corrected chi connectivity index (χ3v) is 9.64. The topological polar surface area (TPSA) is 124 Å². The van der Waals surface area contributed by atoms with E-state index >= 15 is 0 Å². The van der Waals surface area contributed by atoms with E-state index in [1.165, 1.54) is 21.3 Å². The van der Waals surface area contributed by atoms with Crippen LogP contribution in [0.15, 0.2) is 47.3 Å². The van der Waals surface area contributed by atoms with Crippen LogP contribution in [0.25, 0.3) is 0 Å². The highest BCUT2D eigenvalue weighted by atomic mass is 16.7. The van der Waals surface area contributed by atoms with Crippen LogP contribution in [0.1, 0.15) is 74.7 Å². The zero-order valence-corrected chi connectivity index (χ0v) is 28.7. The zero-order valence-electron chi connectivity index (χ0n) is 28.7. The van der Waals surface area contributed by atoms with Crippen molar-refractivity contribution in [3.05, 3.63) is 47.3 Å². The van der Waals surface area contributed by atoms with Crippen LogP contribution in [-0.4, -0.2) is 85.0 Å². The van der Waals surface area contributed by atoms with Crippen molar-refractivity contribution < 1.29 is 43.8 Å². The molecular formula is C35H58O9. The predicted molar refractivity (Wildman–Crippen MR) is 170 cm³/mol. The van der Waals surface area contributed by atoms with Gasteiger partial charge in [-0.1, -0.05) is 77.0 Å². The van der Waals surface area contributed by atoms with Gasteiger partial charge in [0.25, 0.3) is 0 Å². The van der Waals surface area contributed by atoms with Crippen LogP contribution in [0.4, 0.5) is 0 Å². The summed E-state index contributed by atoms with van der Waals surface area (Å²) in [4.78, 5) is 13.5. The Kier molecular flexibility index (Phi) is 14.8. The molecule has 2 aliphatic rings. The first kappa shape index (κ1) is 38.2. The van der Waals surface area contributed by atoms with Gasteiger partial charge in [0.1, 0.15) is 12.2 Å². The lowest BCUT2D eigenvalue weighted by molar-refractivity contribution is -0.333. The number of carbonyl (C=O) groups excluding carboxylic acids is 1. The van der Waals surface area contributed by atoms with Crippen molar-refractivity contribution in [2.24, 2.45) is 29.6 Å². The van der Waals surface area contributed by atoms with Gasteiger partial charge in [0.05, 0.1) is 31.5 Å². The van der Waals surface area contributed by atoms with Gasteiger partial charge < -0.3 is 39.0 Å². The van der Waals surface area contributed by atoms with Crippen LogP contribution in [0.3, 0.4) is 0 Å². The number of cyclic esters (lactones) is 1. The molecule has 0 aliphatic carbocycles. The molecule has 44 heavy (non-hydrogen) atoms. The molecule has 0 bridgehead atoms. The summed E-state index contributed by atoms with van der Waals surface area (Å²) in [6.45, 7) is 15.4. The van der Waals surface area contributed by atoms with E-state index in [0.29, 0.717) is 12.8 Å². The number of rotatable bonds is 8. The standard InChI is InChI=1S/C35H58O9/c1-12-28-24(6)27(36)19-35(42-11,44-28)26(8)32(38)25(7)33-29(40-9)15-13-14-20(2)16-22(4)31(37)23(5)17-21(3)18-30(41-10)34(39)43-33/h13-15,17-18,22-29,31-33,36-38H,12,16,19H2,1-11H3/b15-13+,20-14+,21-17+,30-18-/t22-,23+,24-,25-,26-,27+,28+,29-,31-,32+,33+,35+/m0/s1. The van der Waals surface area contributed by atoms with Crippen molar-refractivity contribution in [2.75, 3.05) is 21.3 Å². The maximum absolute atomic E-state index is 13.5. The van der Waals surface area contributed by atoms with E-state index < -0.39 is 54.1 Å². The molecule has 0 aromatic heterocycles. The number of aliphatic hydroxyl groups is 3. The van der Waals surface area contributed by atoms with Gasteiger partial charge in [-0.25, -0.2) is 4.79 Å². The number of hydrogen-bond donors (Lipinski definition) is 3. The molecule has 2 heterocycles.